The monoisotopic (exact) mass is 314 g/mol. The summed E-state index contributed by atoms with van der Waals surface area (Å²) in [5.74, 6) is 1.23. The van der Waals surface area contributed by atoms with Gasteiger partial charge in [0.25, 0.3) is 0 Å². The van der Waals surface area contributed by atoms with E-state index in [1.807, 2.05) is 43.3 Å². The fourth-order valence-electron chi connectivity index (χ4n) is 1.80. The highest BCUT2D eigenvalue weighted by Crippen LogP contribution is 2.30. The number of para-hydroxylation sites is 1. The highest BCUT2D eigenvalue weighted by molar-refractivity contribution is 9.10. The van der Waals surface area contributed by atoms with E-state index in [9.17, 15) is 0 Å². The molecule has 0 saturated heterocycles. The maximum absolute atomic E-state index is 5.78. The summed E-state index contributed by atoms with van der Waals surface area (Å²) in [6.45, 7) is 2.00. The molecule has 0 amide bonds. The van der Waals surface area contributed by atoms with Crippen molar-refractivity contribution in [1.82, 2.24) is 9.97 Å². The second-order valence-electron chi connectivity index (χ2n) is 4.21. The van der Waals surface area contributed by atoms with Gasteiger partial charge >= 0.3 is 0 Å². The molecule has 2 aromatic heterocycles. The number of pyridine rings is 2. The number of ether oxygens (including phenoxy) is 1. The normalized spacial score (nSPS) is 10.6. The SMILES string of the molecule is Cc1ccnc(Oc2cnc3ccccc3c2)c1Br. The number of nitrogens with zero attached hydrogens (tertiary/aromatic N) is 2. The average molecular weight is 315 g/mol. The Morgan fingerprint density at radius 3 is 2.84 bits per heavy atom. The van der Waals surface area contributed by atoms with E-state index in [-0.39, 0.29) is 0 Å². The lowest BCUT2D eigenvalue weighted by Gasteiger charge is -2.08. The molecule has 3 nitrogen and oxygen atoms in total. The lowest BCUT2D eigenvalue weighted by atomic mass is 10.2. The van der Waals surface area contributed by atoms with Gasteiger partial charge in [0.05, 0.1) is 16.2 Å². The van der Waals surface area contributed by atoms with E-state index in [1.165, 1.54) is 0 Å². The number of halogens is 1. The molecular formula is C15H11BrN2O. The molecule has 0 N–H and O–H groups in total. The van der Waals surface area contributed by atoms with E-state index in [0.29, 0.717) is 11.6 Å². The Labute approximate surface area is 119 Å². The van der Waals surface area contributed by atoms with E-state index in [0.717, 1.165) is 20.9 Å². The van der Waals surface area contributed by atoms with Gasteiger partial charge in [0.15, 0.2) is 0 Å². The maximum atomic E-state index is 5.78. The fraction of sp³-hybridized carbons (Fsp3) is 0.0667. The number of aryl methyl sites for hydroxylation is 1. The van der Waals surface area contributed by atoms with Crippen LogP contribution in [0.15, 0.2) is 53.3 Å². The van der Waals surface area contributed by atoms with Gasteiger partial charge in [-0.3, -0.25) is 4.98 Å². The molecule has 1 aromatic carbocycles. The molecule has 0 saturated carbocycles. The summed E-state index contributed by atoms with van der Waals surface area (Å²) in [6, 6.07) is 11.8. The number of benzene rings is 1. The number of hydrogen-bond donors (Lipinski definition) is 0. The Morgan fingerprint density at radius 1 is 1.11 bits per heavy atom. The van der Waals surface area contributed by atoms with Crippen LogP contribution in [0.2, 0.25) is 0 Å². The second-order valence-corrected chi connectivity index (χ2v) is 5.01. The Bertz CT molecular complexity index is 743. The molecule has 0 atom stereocenters. The van der Waals surface area contributed by atoms with Crippen LogP contribution in [0, 0.1) is 6.92 Å². The van der Waals surface area contributed by atoms with E-state index in [2.05, 4.69) is 25.9 Å². The number of aromatic nitrogens is 2. The molecule has 19 heavy (non-hydrogen) atoms. The van der Waals surface area contributed by atoms with Crippen LogP contribution in [0.25, 0.3) is 10.9 Å². The van der Waals surface area contributed by atoms with Crippen molar-refractivity contribution in [1.29, 1.82) is 0 Å². The summed E-state index contributed by atoms with van der Waals surface area (Å²) in [4.78, 5) is 8.58. The van der Waals surface area contributed by atoms with E-state index >= 15 is 0 Å². The van der Waals surface area contributed by atoms with Crippen LogP contribution in [-0.4, -0.2) is 9.97 Å². The topological polar surface area (TPSA) is 35.0 Å². The smallest absolute Gasteiger partial charge is 0.233 e. The summed E-state index contributed by atoms with van der Waals surface area (Å²) in [5, 5.41) is 1.05. The molecule has 2 heterocycles. The summed E-state index contributed by atoms with van der Waals surface area (Å²) in [6.07, 6.45) is 3.43. The predicted molar refractivity (Wildman–Crippen MR) is 78.5 cm³/mol. The van der Waals surface area contributed by atoms with Crippen molar-refractivity contribution in [2.45, 2.75) is 6.92 Å². The summed E-state index contributed by atoms with van der Waals surface area (Å²) in [7, 11) is 0. The molecular weight excluding hydrogens is 304 g/mol. The van der Waals surface area contributed by atoms with E-state index < -0.39 is 0 Å². The Morgan fingerprint density at radius 2 is 1.95 bits per heavy atom. The second kappa shape index (κ2) is 4.97. The molecule has 0 radical (unpaired) electrons. The van der Waals surface area contributed by atoms with Gasteiger partial charge in [-0.25, -0.2) is 4.98 Å². The minimum absolute atomic E-state index is 0.553. The number of fused-ring (bicyclic) bond motifs is 1. The molecule has 3 aromatic rings. The van der Waals surface area contributed by atoms with E-state index in [4.69, 9.17) is 4.74 Å². The lowest BCUT2D eigenvalue weighted by Crippen LogP contribution is -1.91. The van der Waals surface area contributed by atoms with Crippen molar-refractivity contribution in [3.05, 3.63) is 58.8 Å². The molecule has 0 fully saturated rings. The first-order valence-electron chi connectivity index (χ1n) is 5.88. The minimum Gasteiger partial charge on any atom is -0.436 e. The maximum Gasteiger partial charge on any atom is 0.233 e. The van der Waals surface area contributed by atoms with Crippen molar-refractivity contribution in [2.24, 2.45) is 0 Å². The third-order valence-electron chi connectivity index (χ3n) is 2.83. The molecule has 0 bridgehead atoms. The van der Waals surface area contributed by atoms with Crippen molar-refractivity contribution in [3.8, 4) is 11.6 Å². The van der Waals surface area contributed by atoms with Crippen molar-refractivity contribution >= 4 is 26.8 Å². The Balaban J connectivity index is 1.99. The quantitative estimate of drug-likeness (QED) is 0.699. The summed E-state index contributed by atoms with van der Waals surface area (Å²) >= 11 is 3.48. The van der Waals surface area contributed by atoms with Gasteiger partial charge in [0.1, 0.15) is 5.75 Å². The van der Waals surface area contributed by atoms with Gasteiger partial charge in [-0.1, -0.05) is 18.2 Å². The summed E-state index contributed by atoms with van der Waals surface area (Å²) in [5.41, 5.74) is 2.03. The molecule has 4 heteroatoms. The zero-order valence-corrected chi connectivity index (χ0v) is 11.9. The van der Waals surface area contributed by atoms with Crippen LogP contribution in [0.4, 0.5) is 0 Å². The first kappa shape index (κ1) is 12.1. The number of hydrogen-bond acceptors (Lipinski definition) is 3. The van der Waals surface area contributed by atoms with Gasteiger partial charge in [0, 0.05) is 11.6 Å². The van der Waals surface area contributed by atoms with Gasteiger partial charge < -0.3 is 4.74 Å². The molecule has 0 aliphatic rings. The standard InChI is InChI=1S/C15H11BrN2O/c1-10-6-7-17-15(14(10)16)19-12-8-11-4-2-3-5-13(11)18-9-12/h2-9H,1H3. The van der Waals surface area contributed by atoms with Crippen LogP contribution in [0.1, 0.15) is 5.56 Å². The van der Waals surface area contributed by atoms with Crippen molar-refractivity contribution in [2.75, 3.05) is 0 Å². The van der Waals surface area contributed by atoms with Crippen LogP contribution in [0.3, 0.4) is 0 Å². The zero-order valence-electron chi connectivity index (χ0n) is 10.3. The Hall–Kier alpha value is -1.94. The predicted octanol–water partition coefficient (Wildman–Crippen LogP) is 4.49. The molecule has 0 unspecified atom stereocenters. The van der Waals surface area contributed by atoms with Crippen molar-refractivity contribution in [3.63, 3.8) is 0 Å². The molecule has 0 aliphatic heterocycles. The average Bonchev–Trinajstić information content (AvgIpc) is 2.44. The van der Waals surface area contributed by atoms with Crippen molar-refractivity contribution < 1.29 is 4.74 Å². The molecule has 0 spiro atoms. The third kappa shape index (κ3) is 2.44. The fourth-order valence-corrected chi connectivity index (χ4v) is 2.12. The zero-order chi connectivity index (χ0) is 13.2. The third-order valence-corrected chi connectivity index (χ3v) is 3.79. The highest BCUT2D eigenvalue weighted by atomic mass is 79.9. The lowest BCUT2D eigenvalue weighted by molar-refractivity contribution is 0.458. The van der Waals surface area contributed by atoms with Gasteiger partial charge in [-0.05, 0) is 46.6 Å². The number of rotatable bonds is 2. The largest absolute Gasteiger partial charge is 0.436 e. The molecule has 3 rings (SSSR count). The van der Waals surface area contributed by atoms with Gasteiger partial charge in [0.2, 0.25) is 5.88 Å². The van der Waals surface area contributed by atoms with Crippen LogP contribution in [0.5, 0.6) is 11.6 Å². The van der Waals surface area contributed by atoms with E-state index in [1.54, 1.807) is 12.4 Å². The molecule has 94 valence electrons. The molecule has 0 aliphatic carbocycles. The highest BCUT2D eigenvalue weighted by Gasteiger charge is 2.07. The Kier molecular flexibility index (Phi) is 3.17. The van der Waals surface area contributed by atoms with Gasteiger partial charge in [-0.2, -0.15) is 0 Å². The first-order valence-corrected chi connectivity index (χ1v) is 6.67. The summed E-state index contributed by atoms with van der Waals surface area (Å²) < 4.78 is 6.64. The van der Waals surface area contributed by atoms with Gasteiger partial charge in [-0.15, -0.1) is 0 Å². The van der Waals surface area contributed by atoms with Crippen LogP contribution >= 0.6 is 15.9 Å². The minimum atomic E-state index is 0.553. The first-order chi connectivity index (χ1) is 9.24. The van der Waals surface area contributed by atoms with Crippen LogP contribution < -0.4 is 4.74 Å². The van der Waals surface area contributed by atoms with Crippen LogP contribution in [-0.2, 0) is 0 Å².